The van der Waals surface area contributed by atoms with Gasteiger partial charge in [0.2, 0.25) is 0 Å². The summed E-state index contributed by atoms with van der Waals surface area (Å²) in [5, 5.41) is 7.12. The molecule has 192 valence electrons. The number of carbonyl (C=O) groups excluding carboxylic acids is 1. The van der Waals surface area contributed by atoms with Crippen molar-refractivity contribution in [2.75, 3.05) is 33.9 Å². The standard InChI is InChI=1S/C29H37N3O4/c1-29(2,3)22-12-9-20(10-13-22)24(32-15-7-6-8-16-32)19-30-28(33)23-18-26(36-31-23)21-11-14-25(34-4)27(17-21)35-5/h9-14,17-18,24H,6-8,15-16,19H2,1-5H3,(H,30,33). The number of hydrogen-bond acceptors (Lipinski definition) is 6. The number of nitrogens with one attached hydrogen (secondary N) is 1. The van der Waals surface area contributed by atoms with Gasteiger partial charge in [-0.2, -0.15) is 0 Å². The van der Waals surface area contributed by atoms with Gasteiger partial charge in [0.25, 0.3) is 5.91 Å². The Bertz CT molecular complexity index is 1160. The highest BCUT2D eigenvalue weighted by Crippen LogP contribution is 2.33. The van der Waals surface area contributed by atoms with Gasteiger partial charge < -0.3 is 19.3 Å². The second-order valence-corrected chi connectivity index (χ2v) is 10.3. The first-order valence-electron chi connectivity index (χ1n) is 12.6. The summed E-state index contributed by atoms with van der Waals surface area (Å²) in [7, 11) is 3.17. The molecule has 0 spiro atoms. The summed E-state index contributed by atoms with van der Waals surface area (Å²) in [4.78, 5) is 15.5. The second kappa shape index (κ2) is 11.2. The van der Waals surface area contributed by atoms with E-state index in [4.69, 9.17) is 14.0 Å². The van der Waals surface area contributed by atoms with Gasteiger partial charge in [0.1, 0.15) is 0 Å². The number of methoxy groups -OCH3 is 2. The minimum atomic E-state index is -0.251. The smallest absolute Gasteiger partial charge is 0.273 e. The molecule has 1 amide bonds. The molecule has 0 saturated carbocycles. The van der Waals surface area contributed by atoms with E-state index in [0.717, 1.165) is 18.7 Å². The molecule has 2 aromatic carbocycles. The first kappa shape index (κ1) is 25.8. The molecule has 1 aliphatic heterocycles. The summed E-state index contributed by atoms with van der Waals surface area (Å²) in [5.74, 6) is 1.45. The predicted molar refractivity (Wildman–Crippen MR) is 141 cm³/mol. The van der Waals surface area contributed by atoms with E-state index in [1.54, 1.807) is 32.4 Å². The molecule has 1 saturated heterocycles. The van der Waals surface area contributed by atoms with Crippen molar-refractivity contribution in [2.45, 2.75) is 51.5 Å². The van der Waals surface area contributed by atoms with Gasteiger partial charge in [-0.05, 0) is 60.7 Å². The van der Waals surface area contributed by atoms with Crippen LogP contribution in [-0.2, 0) is 5.41 Å². The molecule has 4 rings (SSSR count). The van der Waals surface area contributed by atoms with Gasteiger partial charge in [-0.15, -0.1) is 0 Å². The van der Waals surface area contributed by atoms with Crippen molar-refractivity contribution >= 4 is 5.91 Å². The van der Waals surface area contributed by atoms with Crippen molar-refractivity contribution in [3.05, 3.63) is 65.4 Å². The van der Waals surface area contributed by atoms with Crippen LogP contribution in [0.4, 0.5) is 0 Å². The number of rotatable bonds is 8. The third-order valence-electron chi connectivity index (χ3n) is 6.86. The van der Waals surface area contributed by atoms with Crippen LogP contribution in [0.1, 0.15) is 67.7 Å². The lowest BCUT2D eigenvalue weighted by Gasteiger charge is -2.35. The molecule has 1 aromatic heterocycles. The monoisotopic (exact) mass is 491 g/mol. The van der Waals surface area contributed by atoms with E-state index in [0.29, 0.717) is 23.8 Å². The fraction of sp³-hybridized carbons (Fsp3) is 0.448. The molecule has 0 aliphatic carbocycles. The van der Waals surface area contributed by atoms with E-state index >= 15 is 0 Å². The SMILES string of the molecule is COc1ccc(-c2cc(C(=O)NCC(c3ccc(C(C)(C)C)cc3)N3CCCCC3)no2)cc1OC. The minimum absolute atomic E-state index is 0.103. The van der Waals surface area contributed by atoms with Crippen LogP contribution in [0.25, 0.3) is 11.3 Å². The zero-order chi connectivity index (χ0) is 25.7. The van der Waals surface area contributed by atoms with Crippen molar-refractivity contribution in [2.24, 2.45) is 0 Å². The molecule has 1 unspecified atom stereocenters. The Balaban J connectivity index is 1.48. The fourth-order valence-corrected chi connectivity index (χ4v) is 4.68. The van der Waals surface area contributed by atoms with E-state index in [1.165, 1.54) is 30.4 Å². The van der Waals surface area contributed by atoms with Crippen molar-refractivity contribution in [1.82, 2.24) is 15.4 Å². The lowest BCUT2D eigenvalue weighted by atomic mass is 9.86. The fourth-order valence-electron chi connectivity index (χ4n) is 4.68. The van der Waals surface area contributed by atoms with E-state index < -0.39 is 0 Å². The maximum Gasteiger partial charge on any atom is 0.273 e. The zero-order valence-electron chi connectivity index (χ0n) is 22.0. The number of piperidine rings is 1. The highest BCUT2D eigenvalue weighted by Gasteiger charge is 2.25. The van der Waals surface area contributed by atoms with Crippen LogP contribution in [0.2, 0.25) is 0 Å². The van der Waals surface area contributed by atoms with Crippen LogP contribution < -0.4 is 14.8 Å². The maximum atomic E-state index is 13.0. The van der Waals surface area contributed by atoms with Gasteiger partial charge >= 0.3 is 0 Å². The number of hydrogen-bond donors (Lipinski definition) is 1. The molecule has 1 atom stereocenters. The number of amides is 1. The van der Waals surface area contributed by atoms with Gasteiger partial charge in [-0.25, -0.2) is 0 Å². The third kappa shape index (κ3) is 5.90. The minimum Gasteiger partial charge on any atom is -0.493 e. The van der Waals surface area contributed by atoms with Gasteiger partial charge in [-0.3, -0.25) is 9.69 Å². The van der Waals surface area contributed by atoms with E-state index in [2.05, 4.69) is 60.4 Å². The normalized spacial score (nSPS) is 15.4. The van der Waals surface area contributed by atoms with E-state index in [9.17, 15) is 4.79 Å². The summed E-state index contributed by atoms with van der Waals surface area (Å²) in [5.41, 5.74) is 3.63. The Morgan fingerprint density at radius 2 is 1.69 bits per heavy atom. The van der Waals surface area contributed by atoms with Crippen LogP contribution in [0, 0.1) is 0 Å². The average molecular weight is 492 g/mol. The first-order chi connectivity index (χ1) is 17.3. The quantitative estimate of drug-likeness (QED) is 0.441. The Hall–Kier alpha value is -3.32. The Morgan fingerprint density at radius 3 is 2.33 bits per heavy atom. The molecule has 7 heteroatoms. The summed E-state index contributed by atoms with van der Waals surface area (Å²) in [6.45, 7) is 9.24. The highest BCUT2D eigenvalue weighted by atomic mass is 16.5. The van der Waals surface area contributed by atoms with Crippen molar-refractivity contribution in [3.8, 4) is 22.8 Å². The lowest BCUT2D eigenvalue weighted by Crippen LogP contribution is -2.40. The highest BCUT2D eigenvalue weighted by molar-refractivity contribution is 5.93. The molecule has 1 N–H and O–H groups in total. The molecule has 1 aliphatic rings. The summed E-state index contributed by atoms with van der Waals surface area (Å²) in [6.07, 6.45) is 3.63. The number of ether oxygens (including phenoxy) is 2. The van der Waals surface area contributed by atoms with E-state index in [-0.39, 0.29) is 23.1 Å². The third-order valence-corrected chi connectivity index (χ3v) is 6.86. The van der Waals surface area contributed by atoms with Crippen molar-refractivity contribution < 1.29 is 18.8 Å². The number of likely N-dealkylation sites (tertiary alicyclic amines) is 1. The van der Waals surface area contributed by atoms with Crippen molar-refractivity contribution in [3.63, 3.8) is 0 Å². The second-order valence-electron chi connectivity index (χ2n) is 10.3. The molecule has 7 nitrogen and oxygen atoms in total. The van der Waals surface area contributed by atoms with Gasteiger partial charge in [0, 0.05) is 18.2 Å². The number of nitrogens with zero attached hydrogens (tertiary/aromatic N) is 2. The van der Waals surface area contributed by atoms with Crippen LogP contribution in [0.3, 0.4) is 0 Å². The van der Waals surface area contributed by atoms with Gasteiger partial charge in [0.05, 0.1) is 20.3 Å². The van der Waals surface area contributed by atoms with Crippen LogP contribution in [-0.4, -0.2) is 49.8 Å². The molecule has 0 radical (unpaired) electrons. The Labute approximate surface area is 213 Å². The summed E-state index contributed by atoms with van der Waals surface area (Å²) in [6, 6.07) is 16.0. The number of benzene rings is 2. The van der Waals surface area contributed by atoms with Crippen molar-refractivity contribution in [1.29, 1.82) is 0 Å². The molecule has 36 heavy (non-hydrogen) atoms. The Morgan fingerprint density at radius 1 is 1.00 bits per heavy atom. The largest absolute Gasteiger partial charge is 0.493 e. The molecule has 3 aromatic rings. The van der Waals surface area contributed by atoms with Crippen LogP contribution in [0.5, 0.6) is 11.5 Å². The first-order valence-corrected chi connectivity index (χ1v) is 12.6. The predicted octanol–water partition coefficient (Wildman–Crippen LogP) is 5.61. The van der Waals surface area contributed by atoms with Crippen LogP contribution in [0.15, 0.2) is 53.1 Å². The number of carbonyl (C=O) groups is 1. The van der Waals surface area contributed by atoms with E-state index in [1.807, 2.05) is 6.07 Å². The molecule has 1 fully saturated rings. The Kier molecular flexibility index (Phi) is 7.99. The molecule has 2 heterocycles. The summed E-state index contributed by atoms with van der Waals surface area (Å²) < 4.78 is 16.1. The maximum absolute atomic E-state index is 13.0. The molecular weight excluding hydrogens is 454 g/mol. The lowest BCUT2D eigenvalue weighted by molar-refractivity contribution is 0.0915. The molecule has 0 bridgehead atoms. The van der Waals surface area contributed by atoms with Gasteiger partial charge in [0.15, 0.2) is 23.0 Å². The number of aromatic nitrogens is 1. The average Bonchev–Trinajstić information content (AvgIpc) is 3.39. The topological polar surface area (TPSA) is 76.8 Å². The van der Waals surface area contributed by atoms with Gasteiger partial charge in [-0.1, -0.05) is 56.6 Å². The molecular formula is C29H37N3O4. The van der Waals surface area contributed by atoms with Crippen LogP contribution >= 0.6 is 0 Å². The summed E-state index contributed by atoms with van der Waals surface area (Å²) >= 11 is 0. The zero-order valence-corrected chi connectivity index (χ0v) is 22.0.